The van der Waals surface area contributed by atoms with E-state index in [1.54, 1.807) is 42.5 Å². The van der Waals surface area contributed by atoms with Crippen LogP contribution in [0.1, 0.15) is 41.3 Å². The molecule has 0 aliphatic heterocycles. The van der Waals surface area contributed by atoms with E-state index >= 15 is 0 Å². The van der Waals surface area contributed by atoms with Crippen molar-refractivity contribution in [3.63, 3.8) is 0 Å². The number of anilines is 5. The summed E-state index contributed by atoms with van der Waals surface area (Å²) in [6.07, 6.45) is -3.70. The number of hydrogen-bond acceptors (Lipinski definition) is 11. The largest absolute Gasteiger partial charge is 0.508 e. The smallest absolute Gasteiger partial charge is 0.417 e. The van der Waals surface area contributed by atoms with Gasteiger partial charge in [-0.1, -0.05) is 30.3 Å². The number of ketones is 1. The SMILES string of the molecule is CC(=O)CCCOCCOCCNc1nc(Nc2ccc(O)cc2)nc(Nc2ccc(C(=O)NCc3ccccc3)c(C(F)(F)F)c2)n1. The van der Waals surface area contributed by atoms with Crippen molar-refractivity contribution in [2.75, 3.05) is 48.9 Å². The van der Waals surface area contributed by atoms with Crippen LogP contribution in [0.5, 0.6) is 5.75 Å². The summed E-state index contributed by atoms with van der Waals surface area (Å²) in [6, 6.07) is 18.2. The molecule has 0 spiro atoms. The number of alkyl halides is 3. The lowest BCUT2D eigenvalue weighted by Crippen LogP contribution is -2.26. The Morgan fingerprint density at radius 2 is 1.42 bits per heavy atom. The number of ether oxygens (including phenoxy) is 2. The molecule has 1 aromatic heterocycles. The number of phenolic OH excluding ortho intramolecular Hbond substituents is 1. The average Bonchev–Trinajstić information content (AvgIpc) is 3.05. The van der Waals surface area contributed by atoms with Gasteiger partial charge < -0.3 is 40.6 Å². The molecule has 0 unspecified atom stereocenters. The van der Waals surface area contributed by atoms with Crippen molar-refractivity contribution < 1.29 is 37.3 Å². The number of hydrogen-bond donors (Lipinski definition) is 5. The van der Waals surface area contributed by atoms with Crippen LogP contribution in [0.3, 0.4) is 0 Å². The molecular weight excluding hydrogens is 631 g/mol. The Bertz CT molecular complexity index is 1640. The highest BCUT2D eigenvalue weighted by atomic mass is 19.4. The maximum atomic E-state index is 14.1. The van der Waals surface area contributed by atoms with Gasteiger partial charge in [-0.3, -0.25) is 4.79 Å². The lowest BCUT2D eigenvalue weighted by atomic mass is 10.0. The molecule has 0 fully saturated rings. The minimum Gasteiger partial charge on any atom is -0.508 e. The van der Waals surface area contributed by atoms with Crippen molar-refractivity contribution in [1.29, 1.82) is 0 Å². The van der Waals surface area contributed by atoms with E-state index < -0.39 is 23.2 Å². The van der Waals surface area contributed by atoms with Gasteiger partial charge in [-0.25, -0.2) is 0 Å². The number of aromatic nitrogens is 3. The Labute approximate surface area is 275 Å². The van der Waals surface area contributed by atoms with Crippen LogP contribution in [0.4, 0.5) is 42.4 Å². The minimum atomic E-state index is -4.83. The fourth-order valence-electron chi connectivity index (χ4n) is 4.28. The van der Waals surface area contributed by atoms with Crippen LogP contribution in [0.25, 0.3) is 0 Å². The number of halogens is 3. The highest BCUT2D eigenvalue weighted by Gasteiger charge is 2.35. The normalized spacial score (nSPS) is 11.2. The van der Waals surface area contributed by atoms with Crippen molar-refractivity contribution in [2.24, 2.45) is 0 Å². The van der Waals surface area contributed by atoms with E-state index in [1.807, 2.05) is 0 Å². The lowest BCUT2D eigenvalue weighted by molar-refractivity contribution is -0.137. The highest BCUT2D eigenvalue weighted by molar-refractivity contribution is 5.96. The second-order valence-electron chi connectivity index (χ2n) is 10.5. The number of aromatic hydroxyl groups is 1. The van der Waals surface area contributed by atoms with Crippen LogP contribution < -0.4 is 21.3 Å². The first-order valence-electron chi connectivity index (χ1n) is 15.1. The van der Waals surface area contributed by atoms with Crippen LogP contribution in [0.2, 0.25) is 0 Å². The predicted octanol–water partition coefficient (Wildman–Crippen LogP) is 5.83. The number of amides is 1. The second-order valence-corrected chi connectivity index (χ2v) is 10.5. The summed E-state index contributed by atoms with van der Waals surface area (Å²) >= 11 is 0. The summed E-state index contributed by atoms with van der Waals surface area (Å²) in [4.78, 5) is 36.6. The first-order chi connectivity index (χ1) is 23.1. The number of phenols is 1. The van der Waals surface area contributed by atoms with Crippen molar-refractivity contribution in [2.45, 2.75) is 32.5 Å². The molecule has 0 radical (unpaired) electrons. The van der Waals surface area contributed by atoms with Crippen LogP contribution in [-0.2, 0) is 27.0 Å². The Morgan fingerprint density at radius 3 is 2.08 bits per heavy atom. The predicted molar refractivity (Wildman–Crippen MR) is 174 cm³/mol. The van der Waals surface area contributed by atoms with Crippen LogP contribution in [0, 0.1) is 0 Å². The highest BCUT2D eigenvalue weighted by Crippen LogP contribution is 2.34. The number of Topliss-reactive ketones (excluding diaryl/α,β-unsaturated/α-hetero) is 1. The zero-order chi connectivity index (χ0) is 34.4. The molecular formula is C33H36F3N7O5. The summed E-state index contributed by atoms with van der Waals surface area (Å²) in [5, 5.41) is 20.9. The van der Waals surface area contributed by atoms with E-state index in [9.17, 15) is 27.9 Å². The third-order valence-corrected chi connectivity index (χ3v) is 6.60. The van der Waals surface area contributed by atoms with E-state index in [4.69, 9.17) is 9.47 Å². The summed E-state index contributed by atoms with van der Waals surface area (Å²) in [5.41, 5.74) is -0.396. The third-order valence-electron chi connectivity index (χ3n) is 6.60. The number of rotatable bonds is 18. The molecule has 3 aromatic carbocycles. The van der Waals surface area contributed by atoms with Gasteiger partial charge in [0.25, 0.3) is 5.91 Å². The van der Waals surface area contributed by atoms with E-state index in [-0.39, 0.29) is 54.8 Å². The molecule has 1 amide bonds. The minimum absolute atomic E-state index is 0.0127. The Balaban J connectivity index is 1.44. The summed E-state index contributed by atoms with van der Waals surface area (Å²) < 4.78 is 53.3. The summed E-state index contributed by atoms with van der Waals surface area (Å²) in [5.74, 6) is -0.615. The van der Waals surface area contributed by atoms with Crippen LogP contribution in [0.15, 0.2) is 72.8 Å². The molecule has 0 aliphatic rings. The standard InChI is InChI=1S/C33H36F3N7O5/c1-22(44)6-5-16-47-18-19-48-17-15-37-30-41-31(39-24-9-12-26(45)13-10-24)43-32(42-30)40-25-11-14-27(28(20-25)33(34,35)36)29(46)38-21-23-7-3-2-4-8-23/h2-4,7-14,20,45H,5-6,15-19,21H2,1H3,(H,38,46)(H3,37,39,40,41,42,43). The molecule has 4 aromatic rings. The quantitative estimate of drug-likeness (QED) is 0.0642. The van der Waals surface area contributed by atoms with E-state index in [0.29, 0.717) is 38.3 Å². The van der Waals surface area contributed by atoms with Crippen molar-refractivity contribution in [3.8, 4) is 5.75 Å². The van der Waals surface area contributed by atoms with Gasteiger partial charge in [0.05, 0.1) is 30.9 Å². The number of nitrogens with zero attached hydrogens (tertiary/aromatic N) is 3. The van der Waals surface area contributed by atoms with Crippen molar-refractivity contribution in [3.05, 3.63) is 89.5 Å². The molecule has 0 saturated heterocycles. The summed E-state index contributed by atoms with van der Waals surface area (Å²) in [7, 11) is 0. The van der Waals surface area contributed by atoms with Gasteiger partial charge in [0, 0.05) is 37.5 Å². The van der Waals surface area contributed by atoms with Gasteiger partial charge in [-0.05, 0) is 61.4 Å². The Kier molecular flexibility index (Phi) is 13.0. The first kappa shape index (κ1) is 35.6. The molecule has 0 atom stereocenters. The maximum Gasteiger partial charge on any atom is 0.417 e. The number of benzene rings is 3. The van der Waals surface area contributed by atoms with E-state index in [2.05, 4.69) is 36.2 Å². The van der Waals surface area contributed by atoms with Gasteiger partial charge in [0.15, 0.2) is 0 Å². The van der Waals surface area contributed by atoms with Gasteiger partial charge in [0.2, 0.25) is 17.8 Å². The molecule has 1 heterocycles. The van der Waals surface area contributed by atoms with Gasteiger partial charge >= 0.3 is 6.18 Å². The molecule has 12 nitrogen and oxygen atoms in total. The number of carbonyl (C=O) groups excluding carboxylic acids is 2. The molecule has 48 heavy (non-hydrogen) atoms. The number of nitrogens with one attached hydrogen (secondary N) is 4. The average molecular weight is 668 g/mol. The van der Waals surface area contributed by atoms with Gasteiger partial charge in [-0.2, -0.15) is 28.1 Å². The molecule has 15 heteroatoms. The molecule has 0 saturated carbocycles. The second kappa shape index (κ2) is 17.6. The van der Waals surface area contributed by atoms with Crippen LogP contribution >= 0.6 is 0 Å². The lowest BCUT2D eigenvalue weighted by Gasteiger charge is -2.16. The molecule has 0 bridgehead atoms. The molecule has 5 N–H and O–H groups in total. The molecule has 254 valence electrons. The van der Waals surface area contributed by atoms with Gasteiger partial charge in [0.1, 0.15) is 11.5 Å². The molecule has 4 rings (SSSR count). The van der Waals surface area contributed by atoms with E-state index in [0.717, 1.165) is 17.7 Å². The first-order valence-corrected chi connectivity index (χ1v) is 15.1. The van der Waals surface area contributed by atoms with Crippen LogP contribution in [-0.4, -0.2) is 64.7 Å². The zero-order valence-electron chi connectivity index (χ0n) is 26.1. The Hall–Kier alpha value is -5.28. The fraction of sp³-hybridized carbons (Fsp3) is 0.303. The third kappa shape index (κ3) is 11.8. The Morgan fingerprint density at radius 1 is 0.792 bits per heavy atom. The van der Waals surface area contributed by atoms with Crippen molar-refractivity contribution >= 4 is 40.9 Å². The fourth-order valence-corrected chi connectivity index (χ4v) is 4.28. The molecule has 0 aliphatic carbocycles. The topological polar surface area (TPSA) is 160 Å². The van der Waals surface area contributed by atoms with Gasteiger partial charge in [-0.15, -0.1) is 0 Å². The van der Waals surface area contributed by atoms with Crippen molar-refractivity contribution in [1.82, 2.24) is 20.3 Å². The monoisotopic (exact) mass is 667 g/mol. The van der Waals surface area contributed by atoms with E-state index in [1.165, 1.54) is 25.1 Å². The zero-order valence-corrected chi connectivity index (χ0v) is 26.1. The maximum absolute atomic E-state index is 14.1. The summed E-state index contributed by atoms with van der Waals surface area (Å²) in [6.45, 7) is 3.33. The number of carbonyl (C=O) groups is 2.